The number of likely N-dealkylation sites (tertiary alicyclic amines) is 1. The molecule has 2 N–H and O–H groups in total. The summed E-state index contributed by atoms with van der Waals surface area (Å²) in [5.41, 5.74) is -0.541. The Morgan fingerprint density at radius 1 is 1.16 bits per heavy atom. The number of carbonyl (C=O) groups excluding carboxylic acids is 4. The van der Waals surface area contributed by atoms with Gasteiger partial charge in [0, 0.05) is 39.1 Å². The predicted molar refractivity (Wildman–Crippen MR) is 187 cm³/mol. The highest BCUT2D eigenvalue weighted by Gasteiger charge is 2.75. The predicted octanol–water partition coefficient (Wildman–Crippen LogP) is 2.48. The molecule has 4 aliphatic rings. The second kappa shape index (κ2) is 17.1. The van der Waals surface area contributed by atoms with Crippen molar-refractivity contribution in [2.45, 2.75) is 75.8 Å². The summed E-state index contributed by atoms with van der Waals surface area (Å²) in [5, 5.41) is 13.5. The summed E-state index contributed by atoms with van der Waals surface area (Å²) in [5.74, 6) is -3.19. The fourth-order valence-electron chi connectivity index (χ4n) is 8.20. The number of nitrogens with one attached hydrogen (secondary N) is 1. The van der Waals surface area contributed by atoms with Gasteiger partial charge in [0.05, 0.1) is 50.3 Å². The molecule has 1 aromatic carbocycles. The molecule has 0 unspecified atom stereocenters. The van der Waals surface area contributed by atoms with Gasteiger partial charge >= 0.3 is 5.97 Å². The number of fused-ring (bicyclic) bond motifs is 1. The third-order valence-electron chi connectivity index (χ3n) is 10.5. The first-order valence-corrected chi connectivity index (χ1v) is 18.1. The van der Waals surface area contributed by atoms with Crippen LogP contribution in [0.15, 0.2) is 55.6 Å². The normalized spacial score (nSPS) is 27.1. The van der Waals surface area contributed by atoms with E-state index in [0.29, 0.717) is 57.6 Å². The molecule has 50 heavy (non-hydrogen) atoms. The van der Waals surface area contributed by atoms with E-state index in [4.69, 9.17) is 14.2 Å². The van der Waals surface area contributed by atoms with Gasteiger partial charge in [0.15, 0.2) is 0 Å². The van der Waals surface area contributed by atoms with Crippen molar-refractivity contribution in [3.05, 3.63) is 61.2 Å². The molecular weight excluding hydrogens is 640 g/mol. The lowest BCUT2D eigenvalue weighted by Gasteiger charge is -2.40. The zero-order valence-corrected chi connectivity index (χ0v) is 29.5. The van der Waals surface area contributed by atoms with Crippen LogP contribution in [0.5, 0.6) is 0 Å². The molecule has 274 valence electrons. The zero-order valence-electron chi connectivity index (χ0n) is 29.5. The van der Waals surface area contributed by atoms with Crippen molar-refractivity contribution in [3.63, 3.8) is 0 Å². The highest BCUT2D eigenvalue weighted by Crippen LogP contribution is 2.59. The molecule has 12 heteroatoms. The Hall–Kier alpha value is -3.58. The first kappa shape index (κ1) is 37.7. The average molecular weight is 695 g/mol. The second-order valence-corrected chi connectivity index (χ2v) is 14.3. The van der Waals surface area contributed by atoms with E-state index in [-0.39, 0.29) is 49.8 Å². The fourth-order valence-corrected chi connectivity index (χ4v) is 8.20. The molecule has 1 aromatic rings. The number of aliphatic hydroxyl groups excluding tert-OH is 1. The monoisotopic (exact) mass is 694 g/mol. The Morgan fingerprint density at radius 3 is 2.56 bits per heavy atom. The van der Waals surface area contributed by atoms with Crippen molar-refractivity contribution in [1.82, 2.24) is 20.0 Å². The van der Waals surface area contributed by atoms with E-state index < -0.39 is 47.7 Å². The molecule has 1 spiro atoms. The van der Waals surface area contributed by atoms with Crippen LogP contribution in [0.3, 0.4) is 0 Å². The van der Waals surface area contributed by atoms with E-state index in [1.807, 2.05) is 44.2 Å². The number of ether oxygens (including phenoxy) is 3. The summed E-state index contributed by atoms with van der Waals surface area (Å²) in [6, 6.07) is 7.52. The lowest BCUT2D eigenvalue weighted by molar-refractivity contribution is -0.161. The van der Waals surface area contributed by atoms with E-state index in [9.17, 15) is 24.3 Å². The number of esters is 1. The number of carbonyl (C=O) groups is 4. The molecule has 2 bridgehead atoms. The largest absolute Gasteiger partial charge is 0.455 e. The maximum atomic E-state index is 14.8. The van der Waals surface area contributed by atoms with Gasteiger partial charge in [-0.3, -0.25) is 24.1 Å². The van der Waals surface area contributed by atoms with Crippen LogP contribution < -0.4 is 5.32 Å². The SMILES string of the molecule is C=CCCC(=O)NC[C@@H](OC(=O)[C@@H]1[C@H]2C(=O)N([C@@H](CO)CC(C)C)[C@H](C(=O)N(CC=C)CCN3CCOCC3)[C@]23CC[C@H]1O3)c1ccccc1. The summed E-state index contributed by atoms with van der Waals surface area (Å²) < 4.78 is 18.3. The number of nitrogens with zero attached hydrogens (tertiary/aromatic N) is 3. The third-order valence-corrected chi connectivity index (χ3v) is 10.5. The van der Waals surface area contributed by atoms with Crippen LogP contribution in [0.2, 0.25) is 0 Å². The quantitative estimate of drug-likeness (QED) is 0.175. The summed E-state index contributed by atoms with van der Waals surface area (Å²) in [7, 11) is 0. The van der Waals surface area contributed by atoms with Crippen LogP contribution in [0.25, 0.3) is 0 Å². The van der Waals surface area contributed by atoms with Crippen molar-refractivity contribution in [3.8, 4) is 0 Å². The van der Waals surface area contributed by atoms with Crippen molar-refractivity contribution in [2.24, 2.45) is 17.8 Å². The first-order valence-electron chi connectivity index (χ1n) is 18.1. The molecule has 4 heterocycles. The molecular formula is C38H54N4O8. The molecule has 12 nitrogen and oxygen atoms in total. The molecule has 5 rings (SSSR count). The number of hydrogen-bond donors (Lipinski definition) is 2. The number of aliphatic hydroxyl groups is 1. The van der Waals surface area contributed by atoms with E-state index in [1.54, 1.807) is 17.1 Å². The van der Waals surface area contributed by atoms with Gasteiger partial charge in [0.1, 0.15) is 17.7 Å². The average Bonchev–Trinajstić information content (AvgIpc) is 3.77. The van der Waals surface area contributed by atoms with Crippen LogP contribution in [0, 0.1) is 17.8 Å². The van der Waals surface area contributed by atoms with Gasteiger partial charge in [-0.1, -0.05) is 56.3 Å². The van der Waals surface area contributed by atoms with Crippen molar-refractivity contribution in [1.29, 1.82) is 0 Å². The van der Waals surface area contributed by atoms with Gasteiger partial charge in [0.2, 0.25) is 17.7 Å². The molecule has 0 saturated carbocycles. The van der Waals surface area contributed by atoms with E-state index in [2.05, 4.69) is 23.4 Å². The first-order chi connectivity index (χ1) is 24.1. The Balaban J connectivity index is 1.44. The molecule has 0 radical (unpaired) electrons. The summed E-state index contributed by atoms with van der Waals surface area (Å²) in [4.78, 5) is 61.7. The van der Waals surface area contributed by atoms with Crippen molar-refractivity contribution in [2.75, 3.05) is 59.1 Å². The smallest absolute Gasteiger partial charge is 0.313 e. The van der Waals surface area contributed by atoms with Crippen LogP contribution in [-0.2, 0) is 33.4 Å². The highest BCUT2D eigenvalue weighted by molar-refractivity contribution is 5.98. The fraction of sp³-hybridized carbons (Fsp3) is 0.632. The molecule has 4 fully saturated rings. The Morgan fingerprint density at radius 2 is 1.90 bits per heavy atom. The standard InChI is InChI=1S/C38H54N4O8/c1-5-7-13-31(44)39-24-30(27-11-9-8-10-12-27)49-37(47)32-29-14-15-38(50-29)33(32)35(45)42(28(25-43)23-26(3)4)34(38)36(46)41(16-6-2)18-17-40-19-21-48-22-20-40/h5-6,8-12,26,28-30,32-34,43H,1-2,7,13-25H2,3-4H3,(H,39,44)/t28-,29-,30-,32+,33+,34-,38+/m1/s1. The van der Waals surface area contributed by atoms with Crippen molar-refractivity contribution < 1.29 is 38.5 Å². The summed E-state index contributed by atoms with van der Waals surface area (Å²) in [6.07, 6.45) is 4.12. The maximum absolute atomic E-state index is 14.8. The Labute approximate surface area is 295 Å². The molecule has 0 aromatic heterocycles. The van der Waals surface area contributed by atoms with E-state index >= 15 is 0 Å². The minimum atomic E-state index is -1.24. The number of allylic oxidation sites excluding steroid dienone is 1. The molecule has 7 atom stereocenters. The lowest BCUT2D eigenvalue weighted by atomic mass is 9.70. The summed E-state index contributed by atoms with van der Waals surface area (Å²) in [6.45, 7) is 15.5. The van der Waals surface area contributed by atoms with Gasteiger partial charge in [-0.15, -0.1) is 13.2 Å². The number of hydrogen-bond acceptors (Lipinski definition) is 9. The second-order valence-electron chi connectivity index (χ2n) is 14.3. The maximum Gasteiger partial charge on any atom is 0.313 e. The van der Waals surface area contributed by atoms with Crippen LogP contribution >= 0.6 is 0 Å². The minimum Gasteiger partial charge on any atom is -0.455 e. The molecule has 3 amide bonds. The number of amides is 3. The van der Waals surface area contributed by atoms with Crippen LogP contribution in [-0.4, -0.2) is 126 Å². The van der Waals surface area contributed by atoms with Crippen LogP contribution in [0.4, 0.5) is 0 Å². The lowest BCUT2D eigenvalue weighted by Crippen LogP contribution is -2.59. The number of benzene rings is 1. The third kappa shape index (κ3) is 7.98. The molecule has 4 aliphatic heterocycles. The number of rotatable bonds is 18. The summed E-state index contributed by atoms with van der Waals surface area (Å²) >= 11 is 0. The Bertz CT molecular complexity index is 1370. The van der Waals surface area contributed by atoms with E-state index in [1.165, 1.54) is 4.90 Å². The van der Waals surface area contributed by atoms with Crippen LogP contribution in [0.1, 0.15) is 57.6 Å². The van der Waals surface area contributed by atoms with Gasteiger partial charge in [-0.2, -0.15) is 0 Å². The van der Waals surface area contributed by atoms with Gasteiger partial charge in [0.25, 0.3) is 0 Å². The minimum absolute atomic E-state index is 0.0571. The zero-order chi connectivity index (χ0) is 35.8. The number of morpholine rings is 1. The topological polar surface area (TPSA) is 138 Å². The van der Waals surface area contributed by atoms with Gasteiger partial charge < -0.3 is 34.4 Å². The van der Waals surface area contributed by atoms with Gasteiger partial charge in [-0.25, -0.2) is 0 Å². The Kier molecular flexibility index (Phi) is 12.9. The van der Waals surface area contributed by atoms with Gasteiger partial charge in [-0.05, 0) is 37.2 Å². The molecule has 0 aliphatic carbocycles. The van der Waals surface area contributed by atoms with Crippen molar-refractivity contribution >= 4 is 23.7 Å². The highest BCUT2D eigenvalue weighted by atomic mass is 16.6. The molecule has 4 saturated heterocycles. The van der Waals surface area contributed by atoms with E-state index in [0.717, 1.165) is 13.1 Å².